The predicted octanol–water partition coefficient (Wildman–Crippen LogP) is 3.12. The van der Waals surface area contributed by atoms with Gasteiger partial charge in [-0.3, -0.25) is 9.59 Å². The van der Waals surface area contributed by atoms with Crippen molar-refractivity contribution in [3.8, 4) is 0 Å². The molecule has 1 aromatic carbocycles. The van der Waals surface area contributed by atoms with Gasteiger partial charge in [0.1, 0.15) is 18.2 Å². The molecule has 1 spiro atoms. The van der Waals surface area contributed by atoms with Crippen LogP contribution in [0.1, 0.15) is 64.9 Å². The van der Waals surface area contributed by atoms with Crippen LogP contribution in [0.2, 0.25) is 0 Å². The first kappa shape index (κ1) is 29.3. The molecular weight excluding hydrogens is 486 g/mol. The quantitative estimate of drug-likeness (QED) is 0.428. The fourth-order valence-corrected chi connectivity index (χ4v) is 5.32. The van der Waals surface area contributed by atoms with Crippen LogP contribution < -0.4 is 10.6 Å². The minimum absolute atomic E-state index is 0.00938. The standard InChI is InChI=1S/C28H43N5O5/c1-4-18-33-24(34)23(14-10-11-17-29-26(36)38-21-22-12-8-7-9-13-22)30-25(35)28(33)15-19-32(20-16-28)27(37)31(5-2)6-3/h7-9,12-13,23H,4-6,10-11,14-21H2,1-3H3,(H,29,36)(H,30,35)/t23-/m0/s1. The lowest BCUT2D eigenvalue weighted by atomic mass is 9.81. The van der Waals surface area contributed by atoms with Crippen molar-refractivity contribution in [1.82, 2.24) is 25.3 Å². The highest BCUT2D eigenvalue weighted by molar-refractivity contribution is 6.00. The van der Waals surface area contributed by atoms with E-state index < -0.39 is 17.7 Å². The van der Waals surface area contributed by atoms with Gasteiger partial charge in [0.15, 0.2) is 0 Å². The Morgan fingerprint density at radius 1 is 1.08 bits per heavy atom. The number of alkyl carbamates (subject to hydrolysis) is 1. The maximum absolute atomic E-state index is 13.5. The Balaban J connectivity index is 1.47. The van der Waals surface area contributed by atoms with Crippen LogP contribution in [0.15, 0.2) is 30.3 Å². The summed E-state index contributed by atoms with van der Waals surface area (Å²) in [6, 6.07) is 8.90. The van der Waals surface area contributed by atoms with E-state index >= 15 is 0 Å². The first-order valence-electron chi connectivity index (χ1n) is 14.0. The Morgan fingerprint density at radius 2 is 1.76 bits per heavy atom. The van der Waals surface area contributed by atoms with E-state index in [9.17, 15) is 19.2 Å². The number of ether oxygens (including phenoxy) is 1. The maximum atomic E-state index is 13.5. The first-order valence-corrected chi connectivity index (χ1v) is 14.0. The molecule has 5 amide bonds. The van der Waals surface area contributed by atoms with Gasteiger partial charge in [-0.05, 0) is 57.9 Å². The van der Waals surface area contributed by atoms with Crippen LogP contribution in [0.5, 0.6) is 0 Å². The number of hydrogen-bond donors (Lipinski definition) is 2. The Bertz CT molecular complexity index is 944. The molecule has 2 heterocycles. The van der Waals surface area contributed by atoms with Gasteiger partial charge in [0, 0.05) is 39.3 Å². The van der Waals surface area contributed by atoms with Crippen LogP contribution in [0.4, 0.5) is 9.59 Å². The molecule has 0 aromatic heterocycles. The molecule has 0 radical (unpaired) electrons. The molecule has 2 fully saturated rings. The Kier molecular flexibility index (Phi) is 10.8. The number of rotatable bonds is 11. The second kappa shape index (κ2) is 14.0. The SMILES string of the molecule is CCCN1C(=O)[C@H](CCCCNC(=O)OCc2ccccc2)NC(=O)C12CCN(C(=O)N(CC)CC)CC2. The zero-order valence-corrected chi connectivity index (χ0v) is 23.0. The van der Waals surface area contributed by atoms with Gasteiger partial charge >= 0.3 is 12.1 Å². The smallest absolute Gasteiger partial charge is 0.407 e. The van der Waals surface area contributed by atoms with E-state index in [2.05, 4.69) is 10.6 Å². The van der Waals surface area contributed by atoms with Crippen molar-refractivity contribution in [3.05, 3.63) is 35.9 Å². The van der Waals surface area contributed by atoms with Crippen LogP contribution >= 0.6 is 0 Å². The average Bonchev–Trinajstić information content (AvgIpc) is 2.94. The van der Waals surface area contributed by atoms with Crippen molar-refractivity contribution >= 4 is 23.9 Å². The minimum atomic E-state index is -0.895. The summed E-state index contributed by atoms with van der Waals surface area (Å²) < 4.78 is 5.21. The largest absolute Gasteiger partial charge is 0.445 e. The van der Waals surface area contributed by atoms with Gasteiger partial charge in [-0.15, -0.1) is 0 Å². The molecule has 2 aliphatic heterocycles. The van der Waals surface area contributed by atoms with Gasteiger partial charge in [-0.1, -0.05) is 37.3 Å². The number of hydrogen-bond acceptors (Lipinski definition) is 5. The number of piperazine rings is 1. The van der Waals surface area contributed by atoms with Gasteiger partial charge in [0.25, 0.3) is 0 Å². The number of nitrogens with zero attached hydrogens (tertiary/aromatic N) is 3. The molecule has 0 bridgehead atoms. The predicted molar refractivity (Wildman–Crippen MR) is 144 cm³/mol. The lowest BCUT2D eigenvalue weighted by molar-refractivity contribution is -0.161. The zero-order chi connectivity index (χ0) is 27.5. The third kappa shape index (κ3) is 6.96. The number of nitrogens with one attached hydrogen (secondary N) is 2. The molecule has 2 N–H and O–H groups in total. The summed E-state index contributed by atoms with van der Waals surface area (Å²) in [5, 5.41) is 5.72. The fourth-order valence-electron chi connectivity index (χ4n) is 5.32. The van der Waals surface area contributed by atoms with E-state index in [0.717, 1.165) is 12.0 Å². The van der Waals surface area contributed by atoms with Crippen LogP contribution in [0.25, 0.3) is 0 Å². The van der Waals surface area contributed by atoms with Gasteiger partial charge in [0.2, 0.25) is 11.8 Å². The van der Waals surface area contributed by atoms with Gasteiger partial charge in [0.05, 0.1) is 0 Å². The molecule has 2 aliphatic rings. The number of carbonyl (C=O) groups is 4. The summed E-state index contributed by atoms with van der Waals surface area (Å²) in [5.41, 5.74) is 0.0259. The van der Waals surface area contributed by atoms with Crippen molar-refractivity contribution in [3.63, 3.8) is 0 Å². The molecule has 10 heteroatoms. The summed E-state index contributed by atoms with van der Waals surface area (Å²) in [6.07, 6.45) is 3.02. The Hall–Kier alpha value is -3.30. The van der Waals surface area contributed by atoms with E-state index in [1.807, 2.05) is 51.1 Å². The molecule has 210 valence electrons. The molecule has 2 saturated heterocycles. The minimum Gasteiger partial charge on any atom is -0.445 e. The van der Waals surface area contributed by atoms with E-state index in [0.29, 0.717) is 71.4 Å². The number of likely N-dealkylation sites (tertiary alicyclic amines) is 1. The molecule has 3 rings (SSSR count). The van der Waals surface area contributed by atoms with Crippen LogP contribution in [-0.4, -0.2) is 89.5 Å². The lowest BCUT2D eigenvalue weighted by Crippen LogP contribution is -2.73. The number of unbranched alkanes of at least 4 members (excludes halogenated alkanes) is 1. The van der Waals surface area contributed by atoms with Crippen LogP contribution in [0.3, 0.4) is 0 Å². The lowest BCUT2D eigenvalue weighted by Gasteiger charge is -2.52. The summed E-state index contributed by atoms with van der Waals surface area (Å²) in [4.78, 5) is 56.9. The van der Waals surface area contributed by atoms with Crippen molar-refractivity contribution in [2.75, 3.05) is 39.3 Å². The van der Waals surface area contributed by atoms with Gasteiger partial charge in [-0.25, -0.2) is 9.59 Å². The summed E-state index contributed by atoms with van der Waals surface area (Å²) >= 11 is 0. The summed E-state index contributed by atoms with van der Waals surface area (Å²) in [7, 11) is 0. The molecule has 1 aromatic rings. The molecule has 0 unspecified atom stereocenters. The van der Waals surface area contributed by atoms with Crippen molar-refractivity contribution in [2.45, 2.75) is 77.5 Å². The number of piperidine rings is 1. The molecule has 10 nitrogen and oxygen atoms in total. The zero-order valence-electron chi connectivity index (χ0n) is 23.0. The Labute approximate surface area is 226 Å². The molecule has 38 heavy (non-hydrogen) atoms. The molecular formula is C28H43N5O5. The van der Waals surface area contributed by atoms with Gasteiger partial charge in [-0.2, -0.15) is 0 Å². The number of amides is 5. The van der Waals surface area contributed by atoms with Crippen molar-refractivity contribution in [1.29, 1.82) is 0 Å². The van der Waals surface area contributed by atoms with Crippen LogP contribution in [0, 0.1) is 0 Å². The van der Waals surface area contributed by atoms with E-state index in [-0.39, 0.29) is 24.5 Å². The third-order valence-corrected chi connectivity index (χ3v) is 7.55. The highest BCUT2D eigenvalue weighted by atomic mass is 16.5. The van der Waals surface area contributed by atoms with Crippen LogP contribution in [-0.2, 0) is 20.9 Å². The fraction of sp³-hybridized carbons (Fsp3) is 0.643. The normalized spacial score (nSPS) is 18.8. The molecule has 1 atom stereocenters. The second-order valence-electron chi connectivity index (χ2n) is 9.97. The van der Waals surface area contributed by atoms with Crippen molar-refractivity contribution < 1.29 is 23.9 Å². The molecule has 0 saturated carbocycles. The van der Waals surface area contributed by atoms with E-state index in [1.54, 1.807) is 14.7 Å². The third-order valence-electron chi connectivity index (χ3n) is 7.55. The number of benzene rings is 1. The highest BCUT2D eigenvalue weighted by Crippen LogP contribution is 2.34. The average molecular weight is 530 g/mol. The highest BCUT2D eigenvalue weighted by Gasteiger charge is 2.53. The monoisotopic (exact) mass is 529 g/mol. The topological polar surface area (TPSA) is 111 Å². The summed E-state index contributed by atoms with van der Waals surface area (Å²) in [6.45, 7) is 9.26. The summed E-state index contributed by atoms with van der Waals surface area (Å²) in [5.74, 6) is -0.168. The molecule has 0 aliphatic carbocycles. The van der Waals surface area contributed by atoms with E-state index in [1.165, 1.54) is 0 Å². The maximum Gasteiger partial charge on any atom is 0.407 e. The Morgan fingerprint density at radius 3 is 2.39 bits per heavy atom. The van der Waals surface area contributed by atoms with Crippen molar-refractivity contribution in [2.24, 2.45) is 0 Å². The number of carbonyl (C=O) groups excluding carboxylic acids is 4. The van der Waals surface area contributed by atoms with E-state index in [4.69, 9.17) is 4.74 Å². The van der Waals surface area contributed by atoms with Gasteiger partial charge < -0.3 is 30.1 Å². The second-order valence-corrected chi connectivity index (χ2v) is 9.97. The number of urea groups is 1. The first-order chi connectivity index (χ1) is 18.4.